The second kappa shape index (κ2) is 6.60. The van der Waals surface area contributed by atoms with Gasteiger partial charge in [-0.15, -0.1) is 0 Å². The van der Waals surface area contributed by atoms with Crippen LogP contribution in [0.5, 0.6) is 0 Å². The van der Waals surface area contributed by atoms with Crippen LogP contribution in [-0.2, 0) is 6.42 Å². The zero-order chi connectivity index (χ0) is 14.4. The molecule has 20 heavy (non-hydrogen) atoms. The first-order valence-electron chi connectivity index (χ1n) is 6.33. The average molecular weight is 269 g/mol. The van der Waals surface area contributed by atoms with Crippen molar-refractivity contribution in [2.75, 3.05) is 11.9 Å². The Hall–Kier alpha value is -2.51. The van der Waals surface area contributed by atoms with Crippen LogP contribution >= 0.6 is 0 Å². The largest absolute Gasteiger partial charge is 0.456 e. The van der Waals surface area contributed by atoms with E-state index in [9.17, 15) is 4.79 Å². The lowest BCUT2D eigenvalue weighted by Crippen LogP contribution is -2.11. The number of furan rings is 1. The quantitative estimate of drug-likeness (QED) is 0.841. The van der Waals surface area contributed by atoms with E-state index in [1.807, 2.05) is 13.0 Å². The van der Waals surface area contributed by atoms with Gasteiger partial charge in [-0.1, -0.05) is 30.9 Å². The molecule has 0 bridgehead atoms. The zero-order valence-corrected chi connectivity index (χ0v) is 11.1. The lowest BCUT2D eigenvalue weighted by atomic mass is 10.2. The van der Waals surface area contributed by atoms with E-state index < -0.39 is 0 Å². The monoisotopic (exact) mass is 269 g/mol. The van der Waals surface area contributed by atoms with Gasteiger partial charge in [-0.25, -0.2) is 0 Å². The standard InChI is InChI=1S/C16H15NO3/c1-2-13-9-10-15(20-13)16(19)17-14-8-4-3-6-12(14)7-5-11-18/h3-4,6,8-10,18H,2,11H2,1H3,(H,17,19). The molecule has 0 aliphatic carbocycles. The molecule has 0 saturated carbocycles. The van der Waals surface area contributed by atoms with Gasteiger partial charge < -0.3 is 14.8 Å². The summed E-state index contributed by atoms with van der Waals surface area (Å²) in [4.78, 5) is 12.1. The first kappa shape index (κ1) is 13.9. The molecule has 102 valence electrons. The Morgan fingerprint density at radius 3 is 2.80 bits per heavy atom. The molecule has 0 fully saturated rings. The van der Waals surface area contributed by atoms with Crippen molar-refractivity contribution in [3.8, 4) is 11.8 Å². The van der Waals surface area contributed by atoms with Crippen molar-refractivity contribution in [3.05, 3.63) is 53.5 Å². The topological polar surface area (TPSA) is 62.5 Å². The highest BCUT2D eigenvalue weighted by Crippen LogP contribution is 2.16. The maximum absolute atomic E-state index is 12.1. The summed E-state index contributed by atoms with van der Waals surface area (Å²) < 4.78 is 5.40. The zero-order valence-electron chi connectivity index (χ0n) is 11.1. The van der Waals surface area contributed by atoms with Crippen molar-refractivity contribution in [2.24, 2.45) is 0 Å². The highest BCUT2D eigenvalue weighted by molar-refractivity contribution is 6.03. The second-order valence-corrected chi connectivity index (χ2v) is 4.08. The molecule has 2 aromatic rings. The molecule has 0 saturated heterocycles. The summed E-state index contributed by atoms with van der Waals surface area (Å²) >= 11 is 0. The molecule has 4 heteroatoms. The molecular weight excluding hydrogens is 254 g/mol. The van der Waals surface area contributed by atoms with Crippen molar-refractivity contribution in [2.45, 2.75) is 13.3 Å². The molecule has 4 nitrogen and oxygen atoms in total. The van der Waals surface area contributed by atoms with Crippen LogP contribution in [0, 0.1) is 11.8 Å². The van der Waals surface area contributed by atoms with Crippen LogP contribution in [0.25, 0.3) is 0 Å². The average Bonchev–Trinajstić information content (AvgIpc) is 2.95. The maximum Gasteiger partial charge on any atom is 0.291 e. The van der Waals surface area contributed by atoms with Crippen LogP contribution < -0.4 is 5.32 Å². The summed E-state index contributed by atoms with van der Waals surface area (Å²) in [6.45, 7) is 1.74. The van der Waals surface area contributed by atoms with Crippen molar-refractivity contribution in [1.82, 2.24) is 0 Å². The number of anilines is 1. The van der Waals surface area contributed by atoms with Crippen molar-refractivity contribution >= 4 is 11.6 Å². The Balaban J connectivity index is 2.19. The molecule has 0 radical (unpaired) electrons. The molecule has 1 aromatic carbocycles. The van der Waals surface area contributed by atoms with Gasteiger partial charge in [0.25, 0.3) is 5.91 Å². The van der Waals surface area contributed by atoms with E-state index >= 15 is 0 Å². The van der Waals surface area contributed by atoms with Gasteiger partial charge in [-0.2, -0.15) is 0 Å². The minimum atomic E-state index is -0.317. The van der Waals surface area contributed by atoms with Crippen LogP contribution in [0.4, 0.5) is 5.69 Å². The fraction of sp³-hybridized carbons (Fsp3) is 0.188. The molecule has 0 aliphatic rings. The third kappa shape index (κ3) is 3.28. The van der Waals surface area contributed by atoms with Gasteiger partial charge >= 0.3 is 0 Å². The van der Waals surface area contributed by atoms with Crippen LogP contribution in [-0.4, -0.2) is 17.6 Å². The van der Waals surface area contributed by atoms with Gasteiger partial charge in [0, 0.05) is 12.0 Å². The third-order valence-corrected chi connectivity index (χ3v) is 2.71. The van der Waals surface area contributed by atoms with E-state index in [0.29, 0.717) is 11.3 Å². The van der Waals surface area contributed by atoms with Crippen molar-refractivity contribution < 1.29 is 14.3 Å². The van der Waals surface area contributed by atoms with Gasteiger partial charge in [-0.05, 0) is 24.3 Å². The molecule has 1 heterocycles. The molecule has 0 unspecified atom stereocenters. The molecule has 0 aliphatic heterocycles. The lowest BCUT2D eigenvalue weighted by molar-refractivity contribution is 0.0995. The first-order chi connectivity index (χ1) is 9.74. The molecule has 2 rings (SSSR count). The number of hydrogen-bond acceptors (Lipinski definition) is 3. The lowest BCUT2D eigenvalue weighted by Gasteiger charge is -2.05. The number of hydrogen-bond donors (Lipinski definition) is 2. The predicted octanol–water partition coefficient (Wildman–Crippen LogP) is 2.44. The molecular formula is C16H15NO3. The summed E-state index contributed by atoms with van der Waals surface area (Å²) in [5.74, 6) is 6.07. The Kier molecular flexibility index (Phi) is 4.59. The summed E-state index contributed by atoms with van der Waals surface area (Å²) in [5, 5.41) is 11.5. The van der Waals surface area contributed by atoms with E-state index in [1.54, 1.807) is 30.3 Å². The molecule has 1 amide bonds. The highest BCUT2D eigenvalue weighted by Gasteiger charge is 2.12. The number of aliphatic hydroxyl groups is 1. The van der Waals surface area contributed by atoms with Crippen LogP contribution in [0.3, 0.4) is 0 Å². The van der Waals surface area contributed by atoms with E-state index in [4.69, 9.17) is 9.52 Å². The number of benzene rings is 1. The van der Waals surface area contributed by atoms with Gasteiger partial charge in [0.2, 0.25) is 0 Å². The minimum absolute atomic E-state index is 0.222. The van der Waals surface area contributed by atoms with Gasteiger partial charge in [0.15, 0.2) is 5.76 Å². The number of para-hydroxylation sites is 1. The predicted molar refractivity (Wildman–Crippen MR) is 76.4 cm³/mol. The van der Waals surface area contributed by atoms with Gasteiger partial charge in [0.05, 0.1) is 5.69 Å². The fourth-order valence-electron chi connectivity index (χ4n) is 1.71. The molecule has 0 atom stereocenters. The number of amides is 1. The van der Waals surface area contributed by atoms with Crippen molar-refractivity contribution in [3.63, 3.8) is 0 Å². The number of carbonyl (C=O) groups excluding carboxylic acids is 1. The normalized spacial score (nSPS) is 9.70. The van der Waals surface area contributed by atoms with Crippen LogP contribution in [0.1, 0.15) is 28.8 Å². The molecule has 2 N–H and O–H groups in total. The Morgan fingerprint density at radius 1 is 1.30 bits per heavy atom. The molecule has 0 spiro atoms. The van der Waals surface area contributed by atoms with E-state index in [-0.39, 0.29) is 18.3 Å². The number of aryl methyl sites for hydroxylation is 1. The number of rotatable bonds is 3. The Labute approximate surface area is 117 Å². The second-order valence-electron chi connectivity index (χ2n) is 4.08. The molecule has 1 aromatic heterocycles. The smallest absolute Gasteiger partial charge is 0.291 e. The fourth-order valence-corrected chi connectivity index (χ4v) is 1.71. The Bertz CT molecular complexity index is 662. The third-order valence-electron chi connectivity index (χ3n) is 2.71. The van der Waals surface area contributed by atoms with Crippen molar-refractivity contribution in [1.29, 1.82) is 0 Å². The van der Waals surface area contributed by atoms with E-state index in [0.717, 1.165) is 12.2 Å². The highest BCUT2D eigenvalue weighted by atomic mass is 16.3. The number of nitrogens with one attached hydrogen (secondary N) is 1. The SMILES string of the molecule is CCc1ccc(C(=O)Nc2ccccc2C#CCO)o1. The summed E-state index contributed by atoms with van der Waals surface area (Å²) in [6.07, 6.45) is 0.742. The van der Waals surface area contributed by atoms with Gasteiger partial charge in [0.1, 0.15) is 12.4 Å². The van der Waals surface area contributed by atoms with Crippen LogP contribution in [0.2, 0.25) is 0 Å². The maximum atomic E-state index is 12.1. The first-order valence-corrected chi connectivity index (χ1v) is 6.33. The van der Waals surface area contributed by atoms with E-state index in [2.05, 4.69) is 17.2 Å². The Morgan fingerprint density at radius 2 is 2.10 bits per heavy atom. The summed E-state index contributed by atoms with van der Waals surface area (Å²) in [6, 6.07) is 10.6. The van der Waals surface area contributed by atoms with Gasteiger partial charge in [-0.3, -0.25) is 4.79 Å². The summed E-state index contributed by atoms with van der Waals surface area (Å²) in [7, 11) is 0. The van der Waals surface area contributed by atoms with Crippen LogP contribution in [0.15, 0.2) is 40.8 Å². The number of aliphatic hydroxyl groups excluding tert-OH is 1. The summed E-state index contributed by atoms with van der Waals surface area (Å²) in [5.41, 5.74) is 1.24. The number of carbonyl (C=O) groups is 1. The van der Waals surface area contributed by atoms with E-state index in [1.165, 1.54) is 0 Å². The minimum Gasteiger partial charge on any atom is -0.456 e.